The molecule has 0 aliphatic rings. The van der Waals surface area contributed by atoms with Crippen LogP contribution in [0, 0.1) is 5.92 Å². The number of hydrogen-bond acceptors (Lipinski definition) is 16. The number of hydrogen-bond donors (Lipinski definition) is 8. The molecule has 3 atom stereocenters. The number of ketones is 2. The van der Waals surface area contributed by atoms with E-state index < -0.39 is 35.9 Å². The van der Waals surface area contributed by atoms with E-state index in [2.05, 4.69) is 26.6 Å². The third kappa shape index (κ3) is 46.4. The lowest BCUT2D eigenvalue weighted by Crippen LogP contribution is -2.41. The molecule has 0 saturated carbocycles. The van der Waals surface area contributed by atoms with Crippen LogP contribution in [-0.2, 0) is 71.6 Å². The summed E-state index contributed by atoms with van der Waals surface area (Å²) in [5.41, 5.74) is 0. The van der Waals surface area contributed by atoms with Crippen LogP contribution in [-0.4, -0.2) is 187 Å². The van der Waals surface area contributed by atoms with Crippen LogP contribution in [0.15, 0.2) is 0 Å². The zero-order chi connectivity index (χ0) is 55.6. The molecule has 0 saturated heterocycles. The summed E-state index contributed by atoms with van der Waals surface area (Å²) in [4.78, 5) is 107. The third-order valence-electron chi connectivity index (χ3n) is 11.9. The lowest BCUT2D eigenvalue weighted by molar-refractivity contribution is -0.143. The Morgan fingerprint density at radius 2 is 0.893 bits per heavy atom. The zero-order valence-electron chi connectivity index (χ0n) is 45.1. The Hall–Kier alpha value is -4.65. The second-order valence-corrected chi connectivity index (χ2v) is 18.4. The molecule has 0 rings (SSSR count). The van der Waals surface area contributed by atoms with Crippen LogP contribution in [0.5, 0.6) is 0 Å². The molecule has 0 heterocycles. The van der Waals surface area contributed by atoms with Gasteiger partial charge in [0.15, 0.2) is 0 Å². The number of amides is 4. The Bertz CT molecular complexity index is 1570. The van der Waals surface area contributed by atoms with E-state index in [0.29, 0.717) is 77.7 Å². The first-order valence-electron chi connectivity index (χ1n) is 27.1. The van der Waals surface area contributed by atoms with Crippen molar-refractivity contribution in [1.29, 1.82) is 0 Å². The van der Waals surface area contributed by atoms with Crippen LogP contribution in [0.2, 0.25) is 0 Å². The monoisotopic (exact) mass is 1080 g/mol. The Morgan fingerprint density at radius 3 is 1.41 bits per heavy atom. The Morgan fingerprint density at radius 1 is 0.400 bits per heavy atom. The van der Waals surface area contributed by atoms with Gasteiger partial charge in [0.25, 0.3) is 0 Å². The molecule has 0 aliphatic heterocycles. The van der Waals surface area contributed by atoms with E-state index >= 15 is 0 Å². The lowest BCUT2D eigenvalue weighted by Gasteiger charge is -2.17. The summed E-state index contributed by atoms with van der Waals surface area (Å²) in [7, 11) is 3.25. The molecule has 0 aromatic carbocycles. The number of ether oxygens (including phenoxy) is 6. The molecule has 75 heavy (non-hydrogen) atoms. The molecule has 0 bridgehead atoms. The van der Waals surface area contributed by atoms with Crippen molar-refractivity contribution in [3.8, 4) is 0 Å². The highest BCUT2D eigenvalue weighted by atomic mass is 16.5. The zero-order valence-corrected chi connectivity index (χ0v) is 45.1. The van der Waals surface area contributed by atoms with E-state index in [4.69, 9.17) is 33.5 Å². The molecule has 0 aliphatic carbocycles. The molecular weight excluding hydrogens is 983 g/mol. The van der Waals surface area contributed by atoms with E-state index in [0.717, 1.165) is 57.8 Å². The van der Waals surface area contributed by atoms with E-state index in [1.807, 2.05) is 0 Å². The van der Waals surface area contributed by atoms with Gasteiger partial charge < -0.3 is 70.3 Å². The summed E-state index contributed by atoms with van der Waals surface area (Å²) < 4.78 is 31.5. The number of methoxy groups -OCH3 is 1. The van der Waals surface area contributed by atoms with E-state index in [9.17, 15) is 53.4 Å². The molecule has 0 radical (unpaired) electrons. The summed E-state index contributed by atoms with van der Waals surface area (Å²) in [5.74, 6) is -4.96. The maximum absolute atomic E-state index is 12.8. The summed E-state index contributed by atoms with van der Waals surface area (Å²) in [6, 6.07) is -1.53. The summed E-state index contributed by atoms with van der Waals surface area (Å²) >= 11 is 0. The molecule has 434 valence electrons. The summed E-state index contributed by atoms with van der Waals surface area (Å²) in [6.07, 6.45) is 14.5. The predicted molar refractivity (Wildman–Crippen MR) is 277 cm³/mol. The van der Waals surface area contributed by atoms with Gasteiger partial charge in [-0.2, -0.15) is 0 Å². The fourth-order valence-electron chi connectivity index (χ4n) is 7.59. The van der Waals surface area contributed by atoms with Crippen molar-refractivity contribution in [2.75, 3.05) is 106 Å². The summed E-state index contributed by atoms with van der Waals surface area (Å²) in [6.45, 7) is 2.65. The Kier molecular flexibility index (Phi) is 47.1. The number of aliphatic carboxylic acids is 3. The number of carboxylic acid groups (broad SMARTS) is 3. The van der Waals surface area contributed by atoms with E-state index in [-0.39, 0.29) is 146 Å². The third-order valence-corrected chi connectivity index (χ3v) is 11.9. The van der Waals surface area contributed by atoms with Crippen LogP contribution < -0.4 is 26.6 Å². The standard InChI is InChI=1S/C52H93N5O18/c1-53-43(20-14-16-28-55-47(61)38-73-33-32-70-2)45(59)26-23-41(51(66)67)18-13-15-27-54-48(62)39-75-37-35-72-31-29-56-49(63)40-74-36-34-71-30-17-19-42(58)24-25-44(52(68)69)57-46(60)21-11-9-7-5-3-4-6-8-10-12-22-50(64)65/h41,43-44,53H,3-40H2,1-2H3,(H,54,62)(H,55,61)(H,56,63)(H,57,60)(H,64,65)(H,66,67)(H,68,69)/t41-,43+,44+/m1/s1. The fraction of sp³-hybridized carbons (Fsp3) is 0.827. The molecule has 0 unspecified atom stereocenters. The predicted octanol–water partition coefficient (Wildman–Crippen LogP) is 3.51. The van der Waals surface area contributed by atoms with Crippen molar-refractivity contribution < 1.29 is 86.9 Å². The molecular formula is C52H93N5O18. The van der Waals surface area contributed by atoms with Crippen molar-refractivity contribution >= 4 is 53.1 Å². The van der Waals surface area contributed by atoms with Gasteiger partial charge in [-0.1, -0.05) is 57.8 Å². The van der Waals surface area contributed by atoms with E-state index in [1.54, 1.807) is 14.2 Å². The normalized spacial score (nSPS) is 12.3. The first-order chi connectivity index (χ1) is 36.2. The largest absolute Gasteiger partial charge is 0.481 e. The van der Waals surface area contributed by atoms with Gasteiger partial charge >= 0.3 is 17.9 Å². The highest BCUT2D eigenvalue weighted by molar-refractivity contribution is 5.85. The minimum Gasteiger partial charge on any atom is -0.481 e. The minimum absolute atomic E-state index is 0.00885. The number of unbranched alkanes of at least 4 members (excludes halogenated alkanes) is 11. The van der Waals surface area contributed by atoms with Gasteiger partial charge in [0.2, 0.25) is 23.6 Å². The van der Waals surface area contributed by atoms with Gasteiger partial charge in [0, 0.05) is 65.5 Å². The van der Waals surface area contributed by atoms with Gasteiger partial charge in [-0.3, -0.25) is 38.4 Å². The molecule has 23 heteroatoms. The molecule has 8 N–H and O–H groups in total. The van der Waals surface area contributed by atoms with Crippen molar-refractivity contribution in [2.24, 2.45) is 5.92 Å². The van der Waals surface area contributed by atoms with Crippen molar-refractivity contribution in [2.45, 2.75) is 166 Å². The fourth-order valence-corrected chi connectivity index (χ4v) is 7.59. The smallest absolute Gasteiger partial charge is 0.326 e. The van der Waals surface area contributed by atoms with Crippen molar-refractivity contribution in [3.63, 3.8) is 0 Å². The lowest BCUT2D eigenvalue weighted by atomic mass is 9.93. The number of nitrogens with one attached hydrogen (secondary N) is 5. The highest BCUT2D eigenvalue weighted by Gasteiger charge is 2.23. The summed E-state index contributed by atoms with van der Waals surface area (Å²) in [5, 5.41) is 41.6. The van der Waals surface area contributed by atoms with Gasteiger partial charge in [-0.25, -0.2) is 4.79 Å². The molecule has 0 fully saturated rings. The molecule has 23 nitrogen and oxygen atoms in total. The van der Waals surface area contributed by atoms with Gasteiger partial charge in [-0.05, 0) is 71.3 Å². The van der Waals surface area contributed by atoms with Crippen LogP contribution in [0.4, 0.5) is 0 Å². The SMILES string of the molecule is CN[C@@H](CCCCNC(=O)COCCOC)C(=O)CC[C@@H](CCCCNC(=O)COCCOCCNC(=O)COCCOCCCC(=O)CC[C@H](NC(=O)CCCCCCCCCCCCC(=O)O)C(=O)O)C(=O)O. The molecule has 0 spiro atoms. The number of carboxylic acids is 3. The average molecular weight is 1080 g/mol. The van der Waals surface area contributed by atoms with Gasteiger partial charge in [0.1, 0.15) is 37.4 Å². The number of rotatable bonds is 56. The Labute approximate surface area is 444 Å². The second-order valence-electron chi connectivity index (χ2n) is 18.4. The molecule has 0 aromatic heterocycles. The maximum Gasteiger partial charge on any atom is 0.326 e. The van der Waals surface area contributed by atoms with Gasteiger partial charge in [-0.15, -0.1) is 0 Å². The average Bonchev–Trinajstić information content (AvgIpc) is 3.37. The number of Topliss-reactive ketones (excluding diaryl/α,β-unsaturated/α-hetero) is 2. The van der Waals surface area contributed by atoms with Crippen molar-refractivity contribution in [3.05, 3.63) is 0 Å². The Balaban J connectivity index is 3.83. The van der Waals surface area contributed by atoms with Gasteiger partial charge in [0.05, 0.1) is 58.2 Å². The first-order valence-corrected chi connectivity index (χ1v) is 27.1. The second kappa shape index (κ2) is 50.2. The quantitative estimate of drug-likeness (QED) is 0.0404. The molecule has 0 aromatic rings. The van der Waals surface area contributed by atoms with Crippen LogP contribution in [0.1, 0.15) is 154 Å². The minimum atomic E-state index is -1.18. The number of likely N-dealkylation sites (N-methyl/N-ethyl adjacent to an activating group) is 1. The first kappa shape index (κ1) is 70.3. The number of carbonyl (C=O) groups is 9. The van der Waals surface area contributed by atoms with Crippen LogP contribution >= 0.6 is 0 Å². The maximum atomic E-state index is 12.8. The highest BCUT2D eigenvalue weighted by Crippen LogP contribution is 2.18. The van der Waals surface area contributed by atoms with E-state index in [1.165, 1.54) is 0 Å². The van der Waals surface area contributed by atoms with Crippen LogP contribution in [0.25, 0.3) is 0 Å². The van der Waals surface area contributed by atoms with Crippen LogP contribution in [0.3, 0.4) is 0 Å². The van der Waals surface area contributed by atoms with Crippen molar-refractivity contribution in [1.82, 2.24) is 26.6 Å². The topological polar surface area (TPSA) is 330 Å². The number of carbonyl (C=O) groups excluding carboxylic acids is 6. The molecule has 4 amide bonds.